The fourth-order valence-corrected chi connectivity index (χ4v) is 0.454. The first-order valence-corrected chi connectivity index (χ1v) is 2.91. The molecule has 0 fully saturated rings. The maximum atomic E-state index is 4.74. The van der Waals surface area contributed by atoms with E-state index in [0.29, 0.717) is 0 Å². The smallest absolute Gasteiger partial charge is 0.0622 e. The van der Waals surface area contributed by atoms with Crippen molar-refractivity contribution in [2.45, 2.75) is 6.92 Å². The number of hydrogen-bond acceptors (Lipinski definition) is 3. The number of rotatable bonds is 3. The fourth-order valence-electron chi connectivity index (χ4n) is 0.0958. The van der Waals surface area contributed by atoms with Crippen molar-refractivity contribution < 1.29 is 4.18 Å². The molecule has 0 aliphatic carbocycles. The summed E-state index contributed by atoms with van der Waals surface area (Å²) >= 11 is 5.63. The van der Waals surface area contributed by atoms with Crippen LogP contribution in [-0.4, -0.2) is 11.3 Å². The monoisotopic (exact) mass is 122 g/mol. The van der Waals surface area contributed by atoms with Crippen LogP contribution in [0.15, 0.2) is 0 Å². The molecule has 0 rings (SSSR count). The molecule has 3 heteroatoms. The Labute approximate surface area is 47.3 Å². The van der Waals surface area contributed by atoms with Crippen LogP contribution in [0.1, 0.15) is 6.92 Å². The number of hydrogen-bond donors (Lipinski definition) is 0. The molecule has 0 unspecified atom stereocenters. The van der Waals surface area contributed by atoms with Crippen LogP contribution in [0.2, 0.25) is 0 Å². The summed E-state index contributed by atoms with van der Waals surface area (Å²) in [5.74, 6) is 0. The lowest BCUT2D eigenvalue weighted by Crippen LogP contribution is -1.72. The van der Waals surface area contributed by atoms with Crippen molar-refractivity contribution in [3.8, 4) is 0 Å². The van der Waals surface area contributed by atoms with Crippen LogP contribution < -0.4 is 0 Å². The van der Waals surface area contributed by atoms with Crippen LogP contribution in [0.3, 0.4) is 0 Å². The minimum atomic E-state index is 0.720. The molecule has 0 aromatic carbocycles. The van der Waals surface area contributed by atoms with Gasteiger partial charge in [0.2, 0.25) is 0 Å². The van der Waals surface area contributed by atoms with E-state index in [1.54, 1.807) is 0 Å². The Hall–Kier alpha value is 0.400. The van der Waals surface area contributed by atoms with E-state index in [4.69, 9.17) is 4.18 Å². The molecule has 0 spiro atoms. The molecular formula is C3H6OS2. The van der Waals surface area contributed by atoms with E-state index >= 15 is 0 Å². The van der Waals surface area contributed by atoms with Gasteiger partial charge in [0.05, 0.1) is 11.3 Å². The predicted octanol–water partition coefficient (Wildman–Crippen LogP) is 1.63. The highest BCUT2D eigenvalue weighted by molar-refractivity contribution is 8.17. The second-order valence-electron chi connectivity index (χ2n) is 0.599. The van der Waals surface area contributed by atoms with Gasteiger partial charge in [0.1, 0.15) is 0 Å². The van der Waals surface area contributed by atoms with Crippen molar-refractivity contribution in [3.05, 3.63) is 0 Å². The van der Waals surface area contributed by atoms with Crippen LogP contribution in [0.5, 0.6) is 0 Å². The normalized spacial score (nSPS) is 8.17. The maximum absolute atomic E-state index is 4.74. The summed E-state index contributed by atoms with van der Waals surface area (Å²) in [5.41, 5.74) is 0. The van der Waals surface area contributed by atoms with Gasteiger partial charge in [-0.15, -0.1) is 0 Å². The fraction of sp³-hybridized carbons (Fsp3) is 0.667. The molecule has 0 atom stereocenters. The molecule has 36 valence electrons. The Bertz CT molecular complexity index is 37.8. The summed E-state index contributed by atoms with van der Waals surface area (Å²) in [6, 6.07) is 0. The Morgan fingerprint density at radius 2 is 2.67 bits per heavy atom. The minimum Gasteiger partial charge on any atom is -0.310 e. The van der Waals surface area contributed by atoms with Crippen molar-refractivity contribution in [2.75, 3.05) is 6.61 Å². The van der Waals surface area contributed by atoms with E-state index in [9.17, 15) is 0 Å². The average Bonchev–Trinajstić information content (AvgIpc) is 1.61. The van der Waals surface area contributed by atoms with Gasteiger partial charge in [-0.1, -0.05) is 12.2 Å². The first kappa shape index (κ1) is 6.40. The van der Waals surface area contributed by atoms with Crippen LogP contribution in [0.25, 0.3) is 0 Å². The molecule has 0 aromatic rings. The van der Waals surface area contributed by atoms with Gasteiger partial charge < -0.3 is 4.18 Å². The van der Waals surface area contributed by atoms with Gasteiger partial charge in [0, 0.05) is 12.0 Å². The predicted molar refractivity (Wildman–Crippen MR) is 32.9 cm³/mol. The maximum Gasteiger partial charge on any atom is 0.0622 e. The summed E-state index contributed by atoms with van der Waals surface area (Å²) in [5, 5.41) is 0. The quantitative estimate of drug-likeness (QED) is 0.320. The third kappa shape index (κ3) is 4.40. The zero-order valence-electron chi connectivity index (χ0n) is 3.51. The molecule has 0 saturated heterocycles. The molecule has 6 heavy (non-hydrogen) atoms. The molecule has 0 aliphatic heterocycles. The highest BCUT2D eigenvalue weighted by Crippen LogP contribution is 1.93. The Kier molecular flexibility index (Phi) is 5.76. The Morgan fingerprint density at radius 1 is 2.00 bits per heavy atom. The van der Waals surface area contributed by atoms with Crippen molar-refractivity contribution in [1.82, 2.24) is 0 Å². The molecular weight excluding hydrogens is 116 g/mol. The van der Waals surface area contributed by atoms with Crippen LogP contribution in [0, 0.1) is 0 Å². The third-order valence-electron chi connectivity index (χ3n) is 0.225. The van der Waals surface area contributed by atoms with Gasteiger partial charge in [-0.25, -0.2) is 0 Å². The standard InChI is InChI=1S/C3H6OS2/c1-2-4-6-3-5/h3H,2H2,1H3. The summed E-state index contributed by atoms with van der Waals surface area (Å²) < 4.78 is 6.23. The van der Waals surface area contributed by atoms with E-state index in [0.717, 1.165) is 6.61 Å². The van der Waals surface area contributed by atoms with Gasteiger partial charge in [-0.3, -0.25) is 0 Å². The van der Waals surface area contributed by atoms with Gasteiger partial charge >= 0.3 is 0 Å². The lowest BCUT2D eigenvalue weighted by atomic mass is 10.9. The highest BCUT2D eigenvalue weighted by atomic mass is 32.2. The molecule has 0 aliphatic rings. The van der Waals surface area contributed by atoms with E-state index in [1.165, 1.54) is 16.7 Å². The van der Waals surface area contributed by atoms with E-state index in [2.05, 4.69) is 12.2 Å². The average molecular weight is 122 g/mol. The van der Waals surface area contributed by atoms with E-state index in [-0.39, 0.29) is 0 Å². The van der Waals surface area contributed by atoms with Crippen LogP contribution >= 0.6 is 24.3 Å². The molecule has 0 N–H and O–H groups in total. The van der Waals surface area contributed by atoms with Crippen LogP contribution in [-0.2, 0) is 4.18 Å². The second kappa shape index (κ2) is 5.40. The minimum absolute atomic E-state index is 0.720. The molecule has 0 amide bonds. The largest absolute Gasteiger partial charge is 0.310 e. The molecule has 0 heterocycles. The third-order valence-corrected chi connectivity index (χ3v) is 0.911. The number of thiocarbonyl (C=S) groups is 1. The van der Waals surface area contributed by atoms with Crippen LogP contribution in [0.4, 0.5) is 0 Å². The topological polar surface area (TPSA) is 9.23 Å². The lowest BCUT2D eigenvalue weighted by Gasteiger charge is -1.84. The zero-order valence-corrected chi connectivity index (χ0v) is 5.14. The summed E-state index contributed by atoms with van der Waals surface area (Å²) in [6.07, 6.45) is 0. The molecule has 1 nitrogen and oxygen atoms in total. The van der Waals surface area contributed by atoms with Crippen molar-refractivity contribution in [1.29, 1.82) is 0 Å². The van der Waals surface area contributed by atoms with E-state index < -0.39 is 0 Å². The zero-order chi connectivity index (χ0) is 4.83. The molecule has 0 saturated carbocycles. The molecule has 0 aromatic heterocycles. The molecule has 0 bridgehead atoms. The first-order valence-electron chi connectivity index (χ1n) is 1.63. The van der Waals surface area contributed by atoms with Gasteiger partial charge in [-0.05, 0) is 6.92 Å². The summed E-state index contributed by atoms with van der Waals surface area (Å²) in [6.45, 7) is 2.64. The van der Waals surface area contributed by atoms with Gasteiger partial charge in [0.25, 0.3) is 0 Å². The van der Waals surface area contributed by atoms with Gasteiger partial charge in [0.15, 0.2) is 0 Å². The first-order chi connectivity index (χ1) is 2.91. The van der Waals surface area contributed by atoms with Gasteiger partial charge in [-0.2, -0.15) is 0 Å². The molecule has 0 radical (unpaired) electrons. The lowest BCUT2D eigenvalue weighted by molar-refractivity contribution is 0.407. The van der Waals surface area contributed by atoms with Crippen molar-refractivity contribution >= 4 is 29.0 Å². The second-order valence-corrected chi connectivity index (χ2v) is 1.80. The summed E-state index contributed by atoms with van der Waals surface area (Å²) in [4.78, 5) is 0. The Balaban J connectivity index is 2.49. The Morgan fingerprint density at radius 3 is 2.83 bits per heavy atom. The SMILES string of the molecule is CCOSC=S. The summed E-state index contributed by atoms with van der Waals surface area (Å²) in [7, 11) is 0. The van der Waals surface area contributed by atoms with E-state index in [1.807, 2.05) is 6.92 Å². The highest BCUT2D eigenvalue weighted by Gasteiger charge is 1.70. The van der Waals surface area contributed by atoms with Crippen molar-refractivity contribution in [3.63, 3.8) is 0 Å². The van der Waals surface area contributed by atoms with Crippen molar-refractivity contribution in [2.24, 2.45) is 0 Å².